The fourth-order valence-electron chi connectivity index (χ4n) is 3.17. The van der Waals surface area contributed by atoms with Crippen LogP contribution >= 0.6 is 0 Å². The number of anilines is 1. The zero-order valence-corrected chi connectivity index (χ0v) is 19.1. The van der Waals surface area contributed by atoms with Gasteiger partial charge in [0.05, 0.1) is 0 Å². The lowest BCUT2D eigenvalue weighted by atomic mass is 9.96. The molecule has 32 heavy (non-hydrogen) atoms. The van der Waals surface area contributed by atoms with Gasteiger partial charge in [0.2, 0.25) is 5.88 Å². The van der Waals surface area contributed by atoms with Gasteiger partial charge in [-0.05, 0) is 39.0 Å². The van der Waals surface area contributed by atoms with E-state index in [1.165, 1.54) is 4.57 Å². The van der Waals surface area contributed by atoms with Crippen LogP contribution in [0.15, 0.2) is 4.79 Å². The van der Waals surface area contributed by atoms with E-state index in [-0.39, 0.29) is 29.6 Å². The van der Waals surface area contributed by atoms with Crippen molar-refractivity contribution in [3.05, 3.63) is 21.5 Å². The van der Waals surface area contributed by atoms with Crippen molar-refractivity contribution >= 4 is 29.8 Å². The van der Waals surface area contributed by atoms with Gasteiger partial charge in [-0.3, -0.25) is 24.3 Å². The van der Waals surface area contributed by atoms with Gasteiger partial charge >= 0.3 is 6.09 Å². The maximum Gasteiger partial charge on any atom is 0.413 e. The molecule has 2 heterocycles. The van der Waals surface area contributed by atoms with Gasteiger partial charge in [-0.15, -0.1) is 5.10 Å². The van der Waals surface area contributed by atoms with Crippen molar-refractivity contribution in [3.63, 3.8) is 0 Å². The summed E-state index contributed by atoms with van der Waals surface area (Å²) in [6.45, 7) is 10.8. The van der Waals surface area contributed by atoms with Gasteiger partial charge in [0.1, 0.15) is 11.2 Å². The third kappa shape index (κ3) is 4.92. The molecular formula is C21H29N5O6. The molecule has 1 aliphatic rings. The molecule has 0 unspecified atom stereocenters. The summed E-state index contributed by atoms with van der Waals surface area (Å²) in [5, 5.41) is 20.1. The van der Waals surface area contributed by atoms with Gasteiger partial charge in [0, 0.05) is 12.6 Å². The number of aromatic nitrogens is 3. The Morgan fingerprint density at radius 2 is 1.84 bits per heavy atom. The summed E-state index contributed by atoms with van der Waals surface area (Å²) in [7, 11) is 0. The molecular weight excluding hydrogens is 418 g/mol. The smallest absolute Gasteiger partial charge is 0.413 e. The first-order valence-corrected chi connectivity index (χ1v) is 10.4. The number of fused-ring (bicyclic) bond motifs is 1. The van der Waals surface area contributed by atoms with Crippen molar-refractivity contribution in [2.24, 2.45) is 5.41 Å². The summed E-state index contributed by atoms with van der Waals surface area (Å²) in [4.78, 5) is 50.0. The summed E-state index contributed by atoms with van der Waals surface area (Å²) in [5.74, 6) is -1.50. The van der Waals surface area contributed by atoms with Crippen molar-refractivity contribution in [3.8, 4) is 5.88 Å². The predicted molar refractivity (Wildman–Crippen MR) is 116 cm³/mol. The molecule has 11 heteroatoms. The Hall–Kier alpha value is -3.37. The third-order valence-electron chi connectivity index (χ3n) is 4.55. The van der Waals surface area contributed by atoms with E-state index < -0.39 is 40.0 Å². The largest absolute Gasteiger partial charge is 0.494 e. The molecule has 0 aliphatic heterocycles. The normalized spacial score (nSPS) is 14.3. The number of hydrogen-bond acceptors (Lipinski definition) is 7. The van der Waals surface area contributed by atoms with E-state index >= 15 is 0 Å². The van der Waals surface area contributed by atoms with Crippen molar-refractivity contribution in [1.82, 2.24) is 19.5 Å². The molecule has 3 rings (SSSR count). The minimum Gasteiger partial charge on any atom is -0.494 e. The highest BCUT2D eigenvalue weighted by Crippen LogP contribution is 2.29. The second-order valence-electron chi connectivity index (χ2n) is 10.1. The van der Waals surface area contributed by atoms with E-state index in [1.54, 1.807) is 20.8 Å². The Morgan fingerprint density at radius 1 is 1.22 bits per heavy atom. The van der Waals surface area contributed by atoms with Gasteiger partial charge in [-0.25, -0.2) is 4.79 Å². The van der Waals surface area contributed by atoms with Gasteiger partial charge in [-0.2, -0.15) is 4.52 Å². The summed E-state index contributed by atoms with van der Waals surface area (Å²) >= 11 is 0. The van der Waals surface area contributed by atoms with Crippen molar-refractivity contribution in [2.45, 2.75) is 72.6 Å². The molecule has 0 radical (unpaired) electrons. The van der Waals surface area contributed by atoms with Crippen LogP contribution < -0.4 is 16.2 Å². The number of amides is 2. The van der Waals surface area contributed by atoms with Gasteiger partial charge in [-0.1, -0.05) is 20.8 Å². The van der Waals surface area contributed by atoms with Gasteiger partial charge in [0.15, 0.2) is 23.3 Å². The molecule has 0 saturated heterocycles. The molecule has 2 amide bonds. The zero-order chi connectivity index (χ0) is 24.0. The Balaban J connectivity index is 2.22. The number of aromatic hydroxyl groups is 1. The van der Waals surface area contributed by atoms with Crippen molar-refractivity contribution < 1.29 is 24.2 Å². The molecule has 11 nitrogen and oxygen atoms in total. The van der Waals surface area contributed by atoms with E-state index in [0.717, 1.165) is 17.4 Å². The minimum atomic E-state index is -0.902. The monoisotopic (exact) mass is 447 g/mol. The highest BCUT2D eigenvalue weighted by Gasteiger charge is 2.32. The van der Waals surface area contributed by atoms with Crippen LogP contribution in [0.2, 0.25) is 0 Å². The van der Waals surface area contributed by atoms with Crippen LogP contribution in [0.3, 0.4) is 0 Å². The van der Waals surface area contributed by atoms with E-state index in [2.05, 4.69) is 15.7 Å². The predicted octanol–water partition coefficient (Wildman–Crippen LogP) is 2.30. The minimum absolute atomic E-state index is 0.0357. The summed E-state index contributed by atoms with van der Waals surface area (Å²) < 4.78 is 7.34. The van der Waals surface area contributed by atoms with Crippen LogP contribution in [0.4, 0.5) is 10.6 Å². The SMILES string of the molecule is CC(C)(C)Cn1c(O)c(C(=O)NC2CC2)c(=O)n2nc(NC(=O)OC(C)(C)C)c(C=O)c12. The summed E-state index contributed by atoms with van der Waals surface area (Å²) in [5.41, 5.74) is -2.74. The molecule has 1 aliphatic carbocycles. The second-order valence-corrected chi connectivity index (χ2v) is 10.1. The first kappa shape index (κ1) is 23.3. The molecule has 0 spiro atoms. The summed E-state index contributed by atoms with van der Waals surface area (Å²) in [6.07, 6.45) is 1.16. The van der Waals surface area contributed by atoms with Crippen LogP contribution in [0.25, 0.3) is 5.65 Å². The highest BCUT2D eigenvalue weighted by molar-refractivity contribution is 5.99. The fourth-order valence-corrected chi connectivity index (χ4v) is 3.17. The molecule has 1 fully saturated rings. The first-order chi connectivity index (χ1) is 14.7. The average molecular weight is 447 g/mol. The standard InChI is InChI=1S/C21H29N5O6/c1-20(2,3)10-25-16-12(9-27)14(23-19(31)32-21(4,5)6)24-26(16)18(30)13(17(25)29)15(28)22-11-7-8-11/h9,11,29H,7-8,10H2,1-6H3,(H,22,28)(H,23,24,31). The molecule has 1 saturated carbocycles. The Morgan fingerprint density at radius 3 is 2.34 bits per heavy atom. The molecule has 2 aromatic heterocycles. The van der Waals surface area contributed by atoms with E-state index in [1.807, 2.05) is 20.8 Å². The molecule has 3 N–H and O–H groups in total. The first-order valence-electron chi connectivity index (χ1n) is 10.4. The Bertz CT molecular complexity index is 1140. The van der Waals surface area contributed by atoms with Crippen molar-refractivity contribution in [2.75, 3.05) is 5.32 Å². The maximum absolute atomic E-state index is 13.1. The second kappa shape index (κ2) is 7.95. The number of carbonyl (C=O) groups excluding carboxylic acids is 3. The van der Waals surface area contributed by atoms with Crippen LogP contribution in [0, 0.1) is 5.41 Å². The fraction of sp³-hybridized carbons (Fsp3) is 0.571. The molecule has 0 bridgehead atoms. The number of ether oxygens (including phenoxy) is 1. The third-order valence-corrected chi connectivity index (χ3v) is 4.55. The average Bonchev–Trinajstić information content (AvgIpc) is 3.35. The van der Waals surface area contributed by atoms with E-state index in [9.17, 15) is 24.3 Å². The molecule has 2 aromatic rings. The number of carbonyl (C=O) groups is 3. The van der Waals surface area contributed by atoms with Crippen molar-refractivity contribution in [1.29, 1.82) is 0 Å². The Labute approximate surface area is 184 Å². The lowest BCUT2D eigenvalue weighted by Crippen LogP contribution is -2.35. The quantitative estimate of drug-likeness (QED) is 0.597. The zero-order valence-electron chi connectivity index (χ0n) is 19.1. The van der Waals surface area contributed by atoms with Crippen LogP contribution in [0.5, 0.6) is 5.88 Å². The number of aldehydes is 1. The van der Waals surface area contributed by atoms with Crippen LogP contribution in [-0.4, -0.2) is 49.2 Å². The Kier molecular flexibility index (Phi) is 5.79. The molecule has 0 aromatic carbocycles. The van der Waals surface area contributed by atoms with E-state index in [0.29, 0.717) is 6.29 Å². The number of hydrogen-bond donors (Lipinski definition) is 3. The van der Waals surface area contributed by atoms with Gasteiger partial charge < -0.3 is 15.2 Å². The van der Waals surface area contributed by atoms with Gasteiger partial charge in [0.25, 0.3) is 11.5 Å². The molecule has 0 atom stereocenters. The number of nitrogens with zero attached hydrogens (tertiary/aromatic N) is 3. The van der Waals surface area contributed by atoms with Crippen LogP contribution in [0.1, 0.15) is 75.1 Å². The topological polar surface area (TPSA) is 144 Å². The maximum atomic E-state index is 13.1. The lowest BCUT2D eigenvalue weighted by Gasteiger charge is -2.23. The summed E-state index contributed by atoms with van der Waals surface area (Å²) in [6, 6.07) is -0.0411. The number of nitrogens with one attached hydrogen (secondary N) is 2. The van der Waals surface area contributed by atoms with Crippen LogP contribution in [-0.2, 0) is 11.3 Å². The highest BCUT2D eigenvalue weighted by atomic mass is 16.6. The number of rotatable bonds is 5. The molecule has 174 valence electrons. The van der Waals surface area contributed by atoms with E-state index in [4.69, 9.17) is 4.74 Å². The lowest BCUT2D eigenvalue weighted by molar-refractivity contribution is 0.0635.